The Morgan fingerprint density at radius 3 is 2.00 bits per heavy atom. The van der Waals surface area contributed by atoms with Crippen LogP contribution in [0.15, 0.2) is 11.6 Å². The van der Waals surface area contributed by atoms with Crippen LogP contribution in [0.1, 0.15) is 80.1 Å². The predicted octanol–water partition coefficient (Wildman–Crippen LogP) is 5.76. The molecule has 4 saturated carbocycles. The van der Waals surface area contributed by atoms with Crippen LogP contribution in [0.25, 0.3) is 0 Å². The Balaban J connectivity index is 1.87. The minimum atomic E-state index is -0.518. The highest BCUT2D eigenvalue weighted by molar-refractivity contribution is 5.79. The van der Waals surface area contributed by atoms with E-state index < -0.39 is 5.41 Å². The van der Waals surface area contributed by atoms with Crippen molar-refractivity contribution >= 4 is 5.97 Å². The van der Waals surface area contributed by atoms with Gasteiger partial charge < -0.3 is 4.74 Å². The van der Waals surface area contributed by atoms with E-state index in [-0.39, 0.29) is 17.5 Å². The van der Waals surface area contributed by atoms with Crippen LogP contribution in [0.3, 0.4) is 0 Å². The van der Waals surface area contributed by atoms with Gasteiger partial charge in [-0.15, -0.1) is 0 Å². The fourth-order valence-corrected chi connectivity index (χ4v) is 6.14. The van der Waals surface area contributed by atoms with Crippen molar-refractivity contribution in [2.45, 2.75) is 85.7 Å². The SMILES string of the molecule is CCC1(OC(=O)C(C)(C=C(C)C)C(C)C)C2CC3CC(C2)CC1C3. The quantitative estimate of drug-likeness (QED) is 0.472. The van der Waals surface area contributed by atoms with Crippen molar-refractivity contribution in [1.29, 1.82) is 0 Å². The average Bonchev–Trinajstić information content (AvgIpc) is 2.49. The molecular weight excluding hydrogens is 296 g/mol. The molecule has 136 valence electrons. The topological polar surface area (TPSA) is 26.3 Å². The lowest BCUT2D eigenvalue weighted by Crippen LogP contribution is -2.60. The van der Waals surface area contributed by atoms with Gasteiger partial charge in [0.25, 0.3) is 0 Å². The highest BCUT2D eigenvalue weighted by Gasteiger charge is 2.59. The molecule has 0 aromatic carbocycles. The summed E-state index contributed by atoms with van der Waals surface area (Å²) in [5.41, 5.74) is 0.491. The van der Waals surface area contributed by atoms with Gasteiger partial charge >= 0.3 is 5.97 Å². The molecule has 0 heterocycles. The largest absolute Gasteiger partial charge is 0.458 e. The Morgan fingerprint density at radius 1 is 1.12 bits per heavy atom. The molecule has 4 fully saturated rings. The summed E-state index contributed by atoms with van der Waals surface area (Å²) in [6, 6.07) is 0. The van der Waals surface area contributed by atoms with Crippen LogP contribution in [0.2, 0.25) is 0 Å². The van der Waals surface area contributed by atoms with E-state index in [9.17, 15) is 4.79 Å². The van der Waals surface area contributed by atoms with Gasteiger partial charge in [0.05, 0.1) is 5.41 Å². The molecule has 4 rings (SSSR count). The molecular formula is C22H36O2. The Labute approximate surface area is 148 Å². The molecule has 0 aromatic heterocycles. The summed E-state index contributed by atoms with van der Waals surface area (Å²) >= 11 is 0. The molecule has 24 heavy (non-hydrogen) atoms. The minimum Gasteiger partial charge on any atom is -0.458 e. The predicted molar refractivity (Wildman–Crippen MR) is 98.5 cm³/mol. The van der Waals surface area contributed by atoms with Crippen LogP contribution < -0.4 is 0 Å². The van der Waals surface area contributed by atoms with Crippen molar-refractivity contribution in [2.24, 2.45) is 35.0 Å². The number of allylic oxidation sites excluding steroid dienone is 1. The first-order valence-electron chi connectivity index (χ1n) is 10.1. The summed E-state index contributed by atoms with van der Waals surface area (Å²) < 4.78 is 6.51. The zero-order valence-electron chi connectivity index (χ0n) is 16.5. The maximum atomic E-state index is 13.3. The van der Waals surface area contributed by atoms with Gasteiger partial charge in [-0.05, 0) is 88.9 Å². The number of carbonyl (C=O) groups excluding carboxylic acids is 1. The lowest BCUT2D eigenvalue weighted by atomic mass is 9.49. The fourth-order valence-electron chi connectivity index (χ4n) is 6.14. The molecule has 0 amide bonds. The number of hydrogen-bond acceptors (Lipinski definition) is 2. The van der Waals surface area contributed by atoms with Gasteiger partial charge in [0.2, 0.25) is 0 Å². The van der Waals surface area contributed by atoms with Crippen LogP contribution in [0, 0.1) is 35.0 Å². The Kier molecular flexibility index (Phi) is 4.64. The molecule has 0 N–H and O–H groups in total. The monoisotopic (exact) mass is 332 g/mol. The zero-order valence-corrected chi connectivity index (χ0v) is 16.5. The third-order valence-electron chi connectivity index (χ3n) is 7.58. The molecule has 0 aliphatic heterocycles. The molecule has 4 aliphatic carbocycles. The summed E-state index contributed by atoms with van der Waals surface area (Å²) in [5, 5.41) is 0. The first kappa shape index (κ1) is 18.0. The lowest BCUT2D eigenvalue weighted by molar-refractivity contribution is -0.218. The van der Waals surface area contributed by atoms with Crippen LogP contribution in [0.4, 0.5) is 0 Å². The second kappa shape index (κ2) is 6.18. The van der Waals surface area contributed by atoms with E-state index in [4.69, 9.17) is 4.74 Å². The van der Waals surface area contributed by atoms with Gasteiger partial charge in [0, 0.05) is 0 Å². The molecule has 1 atom stereocenters. The Bertz CT molecular complexity index is 498. The summed E-state index contributed by atoms with van der Waals surface area (Å²) in [5.74, 6) is 3.26. The van der Waals surface area contributed by atoms with Crippen molar-refractivity contribution in [1.82, 2.24) is 0 Å². The third-order valence-corrected chi connectivity index (χ3v) is 7.58. The second-order valence-corrected chi connectivity index (χ2v) is 9.66. The van der Waals surface area contributed by atoms with Crippen molar-refractivity contribution in [3.63, 3.8) is 0 Å². The molecule has 4 bridgehead atoms. The molecule has 2 heteroatoms. The summed E-state index contributed by atoms with van der Waals surface area (Å²) in [4.78, 5) is 13.3. The highest BCUT2D eigenvalue weighted by Crippen LogP contribution is 2.61. The molecule has 2 nitrogen and oxygen atoms in total. The van der Waals surface area contributed by atoms with Crippen molar-refractivity contribution in [2.75, 3.05) is 0 Å². The summed E-state index contributed by atoms with van der Waals surface area (Å²) in [6.07, 6.45) is 9.69. The molecule has 0 aromatic rings. The second-order valence-electron chi connectivity index (χ2n) is 9.66. The van der Waals surface area contributed by atoms with Gasteiger partial charge in [0.15, 0.2) is 0 Å². The van der Waals surface area contributed by atoms with Gasteiger partial charge in [-0.2, -0.15) is 0 Å². The standard InChI is InChI=1S/C22H36O2/c1-7-22(18-9-16-8-17(11-18)12-19(22)10-16)24-20(23)21(6,15(4)5)13-14(2)3/h13,15-19H,7-12H2,1-6H3. The maximum Gasteiger partial charge on any atom is 0.316 e. The van der Waals surface area contributed by atoms with Gasteiger partial charge in [-0.3, -0.25) is 4.79 Å². The van der Waals surface area contributed by atoms with Crippen LogP contribution in [-0.2, 0) is 9.53 Å². The number of esters is 1. The van der Waals surface area contributed by atoms with Gasteiger partial charge in [0.1, 0.15) is 5.60 Å². The zero-order chi connectivity index (χ0) is 17.7. The first-order chi connectivity index (χ1) is 11.2. The van der Waals surface area contributed by atoms with Crippen LogP contribution in [-0.4, -0.2) is 11.6 Å². The van der Waals surface area contributed by atoms with Crippen molar-refractivity contribution in [3.8, 4) is 0 Å². The summed E-state index contributed by atoms with van der Waals surface area (Å²) in [6.45, 7) is 12.7. The number of rotatable bonds is 5. The molecule has 1 unspecified atom stereocenters. The Morgan fingerprint density at radius 2 is 1.62 bits per heavy atom. The molecule has 0 saturated heterocycles. The van der Waals surface area contributed by atoms with Gasteiger partial charge in [-0.25, -0.2) is 0 Å². The van der Waals surface area contributed by atoms with E-state index in [0.29, 0.717) is 11.8 Å². The third kappa shape index (κ3) is 2.74. The van der Waals surface area contributed by atoms with Crippen molar-refractivity contribution in [3.05, 3.63) is 11.6 Å². The smallest absolute Gasteiger partial charge is 0.316 e. The number of hydrogen-bond donors (Lipinski definition) is 0. The number of ether oxygens (including phenoxy) is 1. The normalized spacial score (nSPS) is 39.6. The van der Waals surface area contributed by atoms with E-state index in [2.05, 4.69) is 47.6 Å². The van der Waals surface area contributed by atoms with Gasteiger partial charge in [-0.1, -0.05) is 32.4 Å². The van der Waals surface area contributed by atoms with Crippen LogP contribution >= 0.6 is 0 Å². The first-order valence-corrected chi connectivity index (χ1v) is 10.1. The molecule has 0 spiro atoms. The minimum absolute atomic E-state index is 0.00743. The Hall–Kier alpha value is -0.790. The average molecular weight is 333 g/mol. The van der Waals surface area contributed by atoms with E-state index in [1.54, 1.807) is 0 Å². The fraction of sp³-hybridized carbons (Fsp3) is 0.864. The van der Waals surface area contributed by atoms with E-state index in [0.717, 1.165) is 18.3 Å². The maximum absolute atomic E-state index is 13.3. The van der Waals surface area contributed by atoms with E-state index in [1.807, 2.05) is 0 Å². The highest BCUT2D eigenvalue weighted by atomic mass is 16.6. The lowest BCUT2D eigenvalue weighted by Gasteiger charge is -2.60. The molecule has 4 aliphatic rings. The number of carbonyl (C=O) groups is 1. The summed E-state index contributed by atoms with van der Waals surface area (Å²) in [7, 11) is 0. The van der Waals surface area contributed by atoms with E-state index >= 15 is 0 Å². The van der Waals surface area contributed by atoms with E-state index in [1.165, 1.54) is 37.7 Å². The van der Waals surface area contributed by atoms with Crippen LogP contribution in [0.5, 0.6) is 0 Å². The molecule has 0 radical (unpaired) electrons. The van der Waals surface area contributed by atoms with Crippen molar-refractivity contribution < 1.29 is 9.53 Å².